The summed E-state index contributed by atoms with van der Waals surface area (Å²) in [5.74, 6) is 0.356. The van der Waals surface area contributed by atoms with Crippen LogP contribution in [-0.4, -0.2) is 34.7 Å². The molecule has 1 aromatic rings. The van der Waals surface area contributed by atoms with E-state index in [0.29, 0.717) is 5.75 Å². The van der Waals surface area contributed by atoms with Crippen molar-refractivity contribution in [2.75, 3.05) is 0 Å². The summed E-state index contributed by atoms with van der Waals surface area (Å²) in [5.41, 5.74) is 1.32. The molecule has 0 saturated heterocycles. The van der Waals surface area contributed by atoms with Crippen molar-refractivity contribution >= 4 is 29.6 Å². The van der Waals surface area contributed by atoms with Gasteiger partial charge in [-0.1, -0.05) is 31.9 Å². The summed E-state index contributed by atoms with van der Waals surface area (Å²) >= 11 is 0. The van der Waals surface area contributed by atoms with Crippen LogP contribution in [0.5, 0.6) is 5.75 Å². The molecule has 1 nitrogen and oxygen atoms in total. The maximum atomic E-state index is 9.03. The van der Waals surface area contributed by atoms with Crippen LogP contribution in [0.25, 0.3) is 0 Å². The maximum absolute atomic E-state index is 9.03. The van der Waals surface area contributed by atoms with Gasteiger partial charge in [0.15, 0.2) is 0 Å². The van der Waals surface area contributed by atoms with E-state index in [9.17, 15) is 0 Å². The van der Waals surface area contributed by atoms with Crippen molar-refractivity contribution in [3.63, 3.8) is 0 Å². The Hall–Kier alpha value is 0.0200. The minimum atomic E-state index is 0. The number of aromatic hydroxyl groups is 1. The van der Waals surface area contributed by atoms with Crippen LogP contribution in [0.1, 0.15) is 31.7 Å². The van der Waals surface area contributed by atoms with Crippen molar-refractivity contribution in [1.29, 1.82) is 0 Å². The number of unbranched alkanes of at least 4 members (excludes halogenated alkanes) is 2. The molecule has 0 amide bonds. The van der Waals surface area contributed by atoms with E-state index in [4.69, 9.17) is 5.11 Å². The van der Waals surface area contributed by atoms with Crippen molar-refractivity contribution in [1.82, 2.24) is 0 Å². The monoisotopic (exact) mass is 188 g/mol. The van der Waals surface area contributed by atoms with Crippen LogP contribution in [0.3, 0.4) is 0 Å². The molecule has 0 spiro atoms. The molecule has 0 saturated carbocycles. The van der Waals surface area contributed by atoms with Gasteiger partial charge in [0, 0.05) is 0 Å². The van der Waals surface area contributed by atoms with E-state index in [1.165, 1.54) is 24.8 Å². The van der Waals surface area contributed by atoms with Crippen LogP contribution in [0, 0.1) is 0 Å². The third-order valence-corrected chi connectivity index (χ3v) is 2.01. The third kappa shape index (κ3) is 5.35. The average Bonchev–Trinajstić information content (AvgIpc) is 2.09. The molecule has 0 heterocycles. The molecule has 0 fully saturated rings. The van der Waals surface area contributed by atoms with Gasteiger partial charge in [0.25, 0.3) is 0 Å². The predicted molar refractivity (Wildman–Crippen MR) is 58.5 cm³/mol. The Morgan fingerprint density at radius 2 is 1.69 bits per heavy atom. The Bertz CT molecular complexity index is 218. The van der Waals surface area contributed by atoms with Gasteiger partial charge in [-0.15, -0.1) is 0 Å². The second-order valence-corrected chi connectivity index (χ2v) is 3.12. The number of rotatable bonds is 4. The standard InChI is InChI=1S/C11H16O.Na.H/c1-2-3-4-5-10-6-8-11(12)9-7-10;;/h6-9,12H,2-5H2,1H3;;. The zero-order valence-electron chi connectivity index (χ0n) is 7.59. The Labute approximate surface area is 102 Å². The molecule has 0 aromatic heterocycles. The van der Waals surface area contributed by atoms with Crippen LogP contribution < -0.4 is 0 Å². The molecule has 0 bridgehead atoms. The number of aryl methyl sites for hydroxylation is 1. The van der Waals surface area contributed by atoms with Crippen LogP contribution >= 0.6 is 0 Å². The molecule has 1 N–H and O–H groups in total. The van der Waals surface area contributed by atoms with Crippen LogP contribution in [0.15, 0.2) is 24.3 Å². The number of hydrogen-bond acceptors (Lipinski definition) is 1. The van der Waals surface area contributed by atoms with Gasteiger partial charge in [0.2, 0.25) is 0 Å². The molecule has 13 heavy (non-hydrogen) atoms. The molecule has 68 valence electrons. The van der Waals surface area contributed by atoms with Crippen LogP contribution in [0.4, 0.5) is 0 Å². The summed E-state index contributed by atoms with van der Waals surface area (Å²) in [7, 11) is 0. The van der Waals surface area contributed by atoms with Gasteiger partial charge in [-0.25, -0.2) is 0 Å². The second kappa shape index (κ2) is 7.43. The van der Waals surface area contributed by atoms with Crippen LogP contribution in [0.2, 0.25) is 0 Å². The summed E-state index contributed by atoms with van der Waals surface area (Å²) in [6.45, 7) is 2.21. The summed E-state index contributed by atoms with van der Waals surface area (Å²) in [4.78, 5) is 0. The van der Waals surface area contributed by atoms with Gasteiger partial charge < -0.3 is 5.11 Å². The fraction of sp³-hybridized carbons (Fsp3) is 0.455. The van der Waals surface area contributed by atoms with E-state index in [0.717, 1.165) is 6.42 Å². The first-order valence-electron chi connectivity index (χ1n) is 4.61. The van der Waals surface area contributed by atoms with E-state index in [1.807, 2.05) is 12.1 Å². The number of phenols is 1. The molecule has 0 aliphatic heterocycles. The zero-order valence-corrected chi connectivity index (χ0v) is 7.59. The minimum absolute atomic E-state index is 0. The fourth-order valence-corrected chi connectivity index (χ4v) is 1.24. The molecule has 0 atom stereocenters. The number of phenolic OH excluding ortho intramolecular Hbond substituents is 1. The van der Waals surface area contributed by atoms with Crippen molar-refractivity contribution < 1.29 is 5.11 Å². The van der Waals surface area contributed by atoms with E-state index in [1.54, 1.807) is 12.1 Å². The molecule has 1 aromatic carbocycles. The topological polar surface area (TPSA) is 20.2 Å². The third-order valence-electron chi connectivity index (χ3n) is 2.01. The molecule has 0 aliphatic rings. The van der Waals surface area contributed by atoms with Crippen molar-refractivity contribution in [3.05, 3.63) is 29.8 Å². The molecular formula is C11H17NaO. The first-order chi connectivity index (χ1) is 5.83. The SMILES string of the molecule is CCCCCc1ccc(O)cc1.[NaH]. The molecule has 0 aliphatic carbocycles. The van der Waals surface area contributed by atoms with Gasteiger partial charge in [-0.2, -0.15) is 0 Å². The predicted octanol–water partition coefficient (Wildman–Crippen LogP) is 2.48. The van der Waals surface area contributed by atoms with Gasteiger partial charge in [0.05, 0.1) is 0 Å². The Balaban J connectivity index is 0.00000144. The van der Waals surface area contributed by atoms with Gasteiger partial charge in [-0.3, -0.25) is 0 Å². The average molecular weight is 188 g/mol. The first kappa shape index (κ1) is 13.0. The molecule has 0 radical (unpaired) electrons. The second-order valence-electron chi connectivity index (χ2n) is 3.12. The zero-order chi connectivity index (χ0) is 8.81. The summed E-state index contributed by atoms with van der Waals surface area (Å²) in [6, 6.07) is 7.48. The van der Waals surface area contributed by atoms with Gasteiger partial charge in [0.1, 0.15) is 5.75 Å². The molecule has 2 heteroatoms. The van der Waals surface area contributed by atoms with Gasteiger partial charge >= 0.3 is 29.6 Å². The van der Waals surface area contributed by atoms with Crippen molar-refractivity contribution in [3.8, 4) is 5.75 Å². The Morgan fingerprint density at radius 3 is 2.23 bits per heavy atom. The van der Waals surface area contributed by atoms with E-state index < -0.39 is 0 Å². The van der Waals surface area contributed by atoms with Crippen LogP contribution in [-0.2, 0) is 6.42 Å². The van der Waals surface area contributed by atoms with Crippen molar-refractivity contribution in [2.24, 2.45) is 0 Å². The Kier molecular flexibility index (Phi) is 7.44. The summed E-state index contributed by atoms with van der Waals surface area (Å²) in [5, 5.41) is 9.03. The summed E-state index contributed by atoms with van der Waals surface area (Å²) in [6.07, 6.45) is 4.94. The molecular weight excluding hydrogens is 171 g/mol. The fourth-order valence-electron chi connectivity index (χ4n) is 1.24. The first-order valence-corrected chi connectivity index (χ1v) is 4.61. The number of benzene rings is 1. The normalized spacial score (nSPS) is 9.31. The van der Waals surface area contributed by atoms with Gasteiger partial charge in [-0.05, 0) is 30.5 Å². The Morgan fingerprint density at radius 1 is 1.08 bits per heavy atom. The van der Waals surface area contributed by atoms with E-state index in [2.05, 4.69) is 6.92 Å². The molecule has 0 unspecified atom stereocenters. The quantitative estimate of drug-likeness (QED) is 0.568. The van der Waals surface area contributed by atoms with E-state index in [-0.39, 0.29) is 29.6 Å². The number of hydrogen-bond donors (Lipinski definition) is 1. The van der Waals surface area contributed by atoms with E-state index >= 15 is 0 Å². The summed E-state index contributed by atoms with van der Waals surface area (Å²) < 4.78 is 0. The molecule has 1 rings (SSSR count). The van der Waals surface area contributed by atoms with Crippen molar-refractivity contribution in [2.45, 2.75) is 32.6 Å².